The molecular weight excluding hydrogens is 242 g/mol. The molecule has 0 atom stereocenters. The van der Waals surface area contributed by atoms with Crippen LogP contribution in [-0.4, -0.2) is 30.5 Å². The summed E-state index contributed by atoms with van der Waals surface area (Å²) in [6.45, 7) is 6.34. The topological polar surface area (TPSA) is 87.2 Å². The summed E-state index contributed by atoms with van der Waals surface area (Å²) in [4.78, 5) is 0.0569. The van der Waals surface area contributed by atoms with Crippen LogP contribution in [0.15, 0.2) is 9.42 Å². The Kier molecular flexibility index (Phi) is 3.91. The first kappa shape index (κ1) is 13.7. The smallest absolute Gasteiger partial charge is 0.249 e. The van der Waals surface area contributed by atoms with Crippen molar-refractivity contribution >= 4 is 10.0 Å². The third-order valence-corrected chi connectivity index (χ3v) is 4.60. The Hall–Kier alpha value is -1.39. The molecule has 1 heterocycles. The van der Waals surface area contributed by atoms with Crippen LogP contribution < -0.4 is 0 Å². The Labute approximate surface area is 101 Å². The molecule has 0 amide bonds. The average molecular weight is 257 g/mol. The van der Waals surface area contributed by atoms with E-state index in [1.807, 2.05) is 6.07 Å². The molecule has 17 heavy (non-hydrogen) atoms. The van der Waals surface area contributed by atoms with Crippen molar-refractivity contribution in [3.8, 4) is 6.07 Å². The van der Waals surface area contributed by atoms with E-state index in [0.717, 1.165) is 4.31 Å². The number of hydrogen-bond donors (Lipinski definition) is 0. The number of rotatable bonds is 4. The fraction of sp³-hybridized carbons (Fsp3) is 0.600. The van der Waals surface area contributed by atoms with Gasteiger partial charge in [0.25, 0.3) is 0 Å². The highest BCUT2D eigenvalue weighted by atomic mass is 32.2. The maximum absolute atomic E-state index is 12.3. The lowest BCUT2D eigenvalue weighted by Crippen LogP contribution is -2.37. The summed E-state index contributed by atoms with van der Waals surface area (Å²) in [6, 6.07) is 1.55. The summed E-state index contributed by atoms with van der Waals surface area (Å²) >= 11 is 0. The molecule has 1 aromatic heterocycles. The fourth-order valence-corrected chi connectivity index (χ4v) is 3.40. The number of sulfonamides is 1. The molecule has 1 rings (SSSR count). The van der Waals surface area contributed by atoms with Gasteiger partial charge in [-0.05, 0) is 27.7 Å². The van der Waals surface area contributed by atoms with Crippen molar-refractivity contribution < 1.29 is 12.9 Å². The molecule has 1 aromatic rings. The van der Waals surface area contributed by atoms with Crippen LogP contribution in [0, 0.1) is 25.2 Å². The molecule has 0 aliphatic heterocycles. The van der Waals surface area contributed by atoms with E-state index in [1.165, 1.54) is 6.92 Å². The molecule has 0 fully saturated rings. The molecule has 0 N–H and O–H groups in total. The van der Waals surface area contributed by atoms with Crippen LogP contribution in [0.25, 0.3) is 0 Å². The minimum absolute atomic E-state index is 0.0569. The predicted molar refractivity (Wildman–Crippen MR) is 60.6 cm³/mol. The van der Waals surface area contributed by atoms with Gasteiger partial charge in [0, 0.05) is 6.04 Å². The Morgan fingerprint density at radius 3 is 2.41 bits per heavy atom. The normalized spacial score (nSPS) is 12.1. The maximum atomic E-state index is 12.3. The van der Waals surface area contributed by atoms with E-state index in [2.05, 4.69) is 5.16 Å². The molecular formula is C10H15N3O3S. The van der Waals surface area contributed by atoms with Gasteiger partial charge in [0.05, 0.1) is 6.07 Å². The van der Waals surface area contributed by atoms with Crippen molar-refractivity contribution in [2.45, 2.75) is 38.6 Å². The Bertz CT molecular complexity index is 520. The molecule has 0 aliphatic carbocycles. The predicted octanol–water partition coefficient (Wildman–Crippen LogP) is 1.21. The first-order chi connectivity index (χ1) is 7.82. The largest absolute Gasteiger partial charge is 0.360 e. The van der Waals surface area contributed by atoms with E-state index in [-0.39, 0.29) is 23.2 Å². The molecule has 0 unspecified atom stereocenters. The first-order valence-electron chi connectivity index (χ1n) is 5.14. The van der Waals surface area contributed by atoms with Gasteiger partial charge in [0.1, 0.15) is 17.1 Å². The van der Waals surface area contributed by atoms with Crippen molar-refractivity contribution in [3.05, 3.63) is 11.5 Å². The van der Waals surface area contributed by atoms with Crippen LogP contribution in [0.3, 0.4) is 0 Å². The zero-order chi connectivity index (χ0) is 13.2. The van der Waals surface area contributed by atoms with Gasteiger partial charge in [-0.3, -0.25) is 0 Å². The van der Waals surface area contributed by atoms with Crippen molar-refractivity contribution in [1.29, 1.82) is 5.26 Å². The van der Waals surface area contributed by atoms with E-state index in [0.29, 0.717) is 5.69 Å². The van der Waals surface area contributed by atoms with Gasteiger partial charge < -0.3 is 4.52 Å². The summed E-state index contributed by atoms with van der Waals surface area (Å²) in [5.74, 6) is 0.242. The number of aromatic nitrogens is 1. The van der Waals surface area contributed by atoms with Crippen molar-refractivity contribution in [2.75, 3.05) is 6.54 Å². The van der Waals surface area contributed by atoms with Crippen LogP contribution >= 0.6 is 0 Å². The molecule has 7 heteroatoms. The molecule has 0 saturated heterocycles. The van der Waals surface area contributed by atoms with Gasteiger partial charge in [-0.25, -0.2) is 8.42 Å². The summed E-state index contributed by atoms with van der Waals surface area (Å²) in [6.07, 6.45) is 0. The zero-order valence-electron chi connectivity index (χ0n) is 10.3. The minimum atomic E-state index is -3.73. The van der Waals surface area contributed by atoms with Crippen molar-refractivity contribution in [2.24, 2.45) is 0 Å². The molecule has 0 radical (unpaired) electrons. The lowest BCUT2D eigenvalue weighted by Gasteiger charge is -2.22. The highest BCUT2D eigenvalue weighted by Crippen LogP contribution is 2.24. The van der Waals surface area contributed by atoms with E-state index >= 15 is 0 Å². The van der Waals surface area contributed by atoms with Crippen LogP contribution in [0.5, 0.6) is 0 Å². The van der Waals surface area contributed by atoms with Gasteiger partial charge in [-0.2, -0.15) is 9.57 Å². The van der Waals surface area contributed by atoms with E-state index in [4.69, 9.17) is 9.78 Å². The summed E-state index contributed by atoms with van der Waals surface area (Å²) in [7, 11) is -3.73. The summed E-state index contributed by atoms with van der Waals surface area (Å²) in [5, 5.41) is 12.3. The second-order valence-corrected chi connectivity index (χ2v) is 5.78. The third-order valence-electron chi connectivity index (χ3n) is 2.34. The zero-order valence-corrected chi connectivity index (χ0v) is 11.1. The maximum Gasteiger partial charge on any atom is 0.249 e. The summed E-state index contributed by atoms with van der Waals surface area (Å²) < 4.78 is 30.7. The van der Waals surface area contributed by atoms with Crippen molar-refractivity contribution in [1.82, 2.24) is 9.46 Å². The average Bonchev–Trinajstić information content (AvgIpc) is 2.54. The van der Waals surface area contributed by atoms with Crippen LogP contribution in [0.2, 0.25) is 0 Å². The Morgan fingerprint density at radius 1 is 1.47 bits per heavy atom. The molecule has 6 nitrogen and oxygen atoms in total. The Morgan fingerprint density at radius 2 is 2.06 bits per heavy atom. The van der Waals surface area contributed by atoms with Crippen molar-refractivity contribution in [3.63, 3.8) is 0 Å². The van der Waals surface area contributed by atoms with E-state index in [9.17, 15) is 8.42 Å². The Balaban J connectivity index is 3.32. The van der Waals surface area contributed by atoms with Gasteiger partial charge in [-0.15, -0.1) is 0 Å². The highest BCUT2D eigenvalue weighted by molar-refractivity contribution is 7.89. The van der Waals surface area contributed by atoms with Gasteiger partial charge >= 0.3 is 0 Å². The van der Waals surface area contributed by atoms with Gasteiger partial charge in [-0.1, -0.05) is 5.16 Å². The summed E-state index contributed by atoms with van der Waals surface area (Å²) in [5.41, 5.74) is 0.311. The van der Waals surface area contributed by atoms with Crippen LogP contribution in [0.1, 0.15) is 25.3 Å². The molecule has 0 spiro atoms. The second kappa shape index (κ2) is 4.85. The number of nitriles is 1. The second-order valence-electron chi connectivity index (χ2n) is 3.96. The van der Waals surface area contributed by atoms with E-state index in [1.54, 1.807) is 20.8 Å². The SMILES string of the molecule is Cc1noc(C)c1S(=O)(=O)N(CC#N)C(C)C. The standard InChI is InChI=1S/C10H15N3O3S/c1-7(2)13(6-5-11)17(14,15)10-8(3)12-16-9(10)4/h7H,6H2,1-4H3. The quantitative estimate of drug-likeness (QED) is 0.757. The lowest BCUT2D eigenvalue weighted by atomic mass is 10.4. The number of aryl methyl sites for hydroxylation is 2. The van der Waals surface area contributed by atoms with E-state index < -0.39 is 10.0 Å². The third kappa shape index (κ3) is 2.48. The first-order valence-corrected chi connectivity index (χ1v) is 6.58. The molecule has 0 aliphatic rings. The number of nitrogens with zero attached hydrogens (tertiary/aromatic N) is 3. The monoisotopic (exact) mass is 257 g/mol. The van der Waals surface area contributed by atoms with Crippen LogP contribution in [0.4, 0.5) is 0 Å². The number of hydrogen-bond acceptors (Lipinski definition) is 5. The van der Waals surface area contributed by atoms with Gasteiger partial charge in [0.15, 0.2) is 5.76 Å². The minimum Gasteiger partial charge on any atom is -0.360 e. The molecule has 94 valence electrons. The highest BCUT2D eigenvalue weighted by Gasteiger charge is 2.32. The van der Waals surface area contributed by atoms with Gasteiger partial charge in [0.2, 0.25) is 10.0 Å². The fourth-order valence-electron chi connectivity index (χ4n) is 1.57. The lowest BCUT2D eigenvalue weighted by molar-refractivity contribution is 0.378. The van der Waals surface area contributed by atoms with Crippen LogP contribution in [-0.2, 0) is 10.0 Å². The molecule has 0 saturated carbocycles. The molecule has 0 aromatic carbocycles. The molecule has 0 bridgehead atoms.